The third-order valence-corrected chi connectivity index (χ3v) is 1.84. The number of fused-ring (bicyclic) bond motifs is 1. The molecule has 0 aliphatic carbocycles. The van der Waals surface area contributed by atoms with Crippen molar-refractivity contribution in [2.24, 2.45) is 0 Å². The number of hydrogen-bond acceptors (Lipinski definition) is 1. The maximum atomic E-state index is 12.9. The number of benzene rings is 1. The lowest BCUT2D eigenvalue weighted by Gasteiger charge is -1.99. The van der Waals surface area contributed by atoms with E-state index in [1.165, 1.54) is 6.07 Å². The topological polar surface area (TPSA) is 12.0 Å². The second-order valence-corrected chi connectivity index (χ2v) is 2.55. The van der Waals surface area contributed by atoms with E-state index < -0.39 is 12.0 Å². The molecule has 1 atom stereocenters. The minimum atomic E-state index is -1.19. The van der Waals surface area contributed by atoms with Crippen molar-refractivity contribution in [2.45, 2.75) is 6.17 Å². The smallest absolute Gasteiger partial charge is 0.147 e. The van der Waals surface area contributed by atoms with E-state index in [-0.39, 0.29) is 12.1 Å². The number of halogens is 2. The van der Waals surface area contributed by atoms with Crippen LogP contribution < -0.4 is 5.32 Å². The average molecular weight is 155 g/mol. The Morgan fingerprint density at radius 1 is 1.45 bits per heavy atom. The second kappa shape index (κ2) is 2.19. The second-order valence-electron chi connectivity index (χ2n) is 2.55. The van der Waals surface area contributed by atoms with E-state index in [1.54, 1.807) is 12.1 Å². The van der Waals surface area contributed by atoms with Gasteiger partial charge in [-0.3, -0.25) is 0 Å². The lowest BCUT2D eigenvalue weighted by Crippen LogP contribution is -1.95. The van der Waals surface area contributed by atoms with E-state index in [9.17, 15) is 8.78 Å². The Kier molecular flexibility index (Phi) is 1.31. The van der Waals surface area contributed by atoms with Gasteiger partial charge in [0, 0.05) is 11.3 Å². The first-order valence-electron chi connectivity index (χ1n) is 3.45. The zero-order valence-corrected chi connectivity index (χ0v) is 5.77. The number of rotatable bonds is 0. The molecule has 1 aliphatic rings. The lowest BCUT2D eigenvalue weighted by molar-refractivity contribution is 0.362. The Balaban J connectivity index is 2.58. The van der Waals surface area contributed by atoms with Gasteiger partial charge in [-0.15, -0.1) is 0 Å². The summed E-state index contributed by atoms with van der Waals surface area (Å²) in [6.07, 6.45) is -1.19. The van der Waals surface area contributed by atoms with Crippen LogP contribution in [0.4, 0.5) is 14.5 Å². The summed E-state index contributed by atoms with van der Waals surface area (Å²) in [7, 11) is 0. The Hall–Kier alpha value is -1.12. The fraction of sp³-hybridized carbons (Fsp3) is 0.250. The largest absolute Gasteiger partial charge is 0.381 e. The molecule has 1 aromatic carbocycles. The molecule has 0 fully saturated rings. The highest BCUT2D eigenvalue weighted by atomic mass is 19.1. The van der Waals surface area contributed by atoms with Crippen LogP contribution in [0.2, 0.25) is 0 Å². The number of nitrogens with one attached hydrogen (secondary N) is 1. The quantitative estimate of drug-likeness (QED) is 0.606. The third kappa shape index (κ3) is 0.878. The summed E-state index contributed by atoms with van der Waals surface area (Å²) in [5.41, 5.74) is 0.755. The van der Waals surface area contributed by atoms with E-state index in [1.807, 2.05) is 0 Å². The van der Waals surface area contributed by atoms with E-state index in [0.29, 0.717) is 5.69 Å². The molecule has 0 amide bonds. The SMILES string of the molecule is Fc1cccc2c1C(F)CN2. The van der Waals surface area contributed by atoms with Gasteiger partial charge in [0.15, 0.2) is 0 Å². The number of hydrogen-bond donors (Lipinski definition) is 1. The van der Waals surface area contributed by atoms with Gasteiger partial charge >= 0.3 is 0 Å². The predicted octanol–water partition coefficient (Wildman–Crippen LogP) is 2.26. The maximum Gasteiger partial charge on any atom is 0.147 e. The van der Waals surface area contributed by atoms with E-state index in [0.717, 1.165) is 0 Å². The van der Waals surface area contributed by atoms with Gasteiger partial charge in [-0.05, 0) is 12.1 Å². The van der Waals surface area contributed by atoms with Crippen LogP contribution in [0.25, 0.3) is 0 Å². The standard InChI is InChI=1S/C8H7F2N/c9-5-2-1-3-7-8(5)6(10)4-11-7/h1-3,6,11H,4H2. The fourth-order valence-corrected chi connectivity index (χ4v) is 1.31. The van der Waals surface area contributed by atoms with Crippen LogP contribution in [0, 0.1) is 5.82 Å². The van der Waals surface area contributed by atoms with Gasteiger partial charge in [-0.1, -0.05) is 6.07 Å². The minimum Gasteiger partial charge on any atom is -0.381 e. The summed E-state index contributed by atoms with van der Waals surface area (Å²) in [6, 6.07) is 4.52. The molecule has 11 heavy (non-hydrogen) atoms. The maximum absolute atomic E-state index is 12.9. The van der Waals surface area contributed by atoms with Crippen molar-refractivity contribution in [3.8, 4) is 0 Å². The van der Waals surface area contributed by atoms with Crippen molar-refractivity contribution in [3.05, 3.63) is 29.6 Å². The van der Waals surface area contributed by atoms with Gasteiger partial charge in [0.25, 0.3) is 0 Å². The molecule has 2 rings (SSSR count). The van der Waals surface area contributed by atoms with Crippen molar-refractivity contribution in [2.75, 3.05) is 11.9 Å². The molecule has 0 saturated heterocycles. The molecule has 58 valence electrons. The zero-order valence-electron chi connectivity index (χ0n) is 5.77. The molecule has 1 unspecified atom stereocenters. The van der Waals surface area contributed by atoms with Crippen LogP contribution in [-0.2, 0) is 0 Å². The van der Waals surface area contributed by atoms with Crippen molar-refractivity contribution < 1.29 is 8.78 Å². The molecule has 1 aromatic rings. The average Bonchev–Trinajstić information content (AvgIpc) is 2.34. The van der Waals surface area contributed by atoms with Gasteiger partial charge in [0.05, 0.1) is 6.54 Å². The third-order valence-electron chi connectivity index (χ3n) is 1.84. The first kappa shape index (κ1) is 6.58. The highest BCUT2D eigenvalue weighted by Gasteiger charge is 2.24. The van der Waals surface area contributed by atoms with Crippen LogP contribution in [0.3, 0.4) is 0 Å². The summed E-state index contributed by atoms with van der Waals surface area (Å²) in [5, 5.41) is 2.78. The Morgan fingerprint density at radius 2 is 2.27 bits per heavy atom. The minimum absolute atomic E-state index is 0.174. The molecule has 0 bridgehead atoms. The van der Waals surface area contributed by atoms with Crippen molar-refractivity contribution in [3.63, 3.8) is 0 Å². The normalized spacial score (nSPS) is 21.1. The van der Waals surface area contributed by atoms with Gasteiger partial charge in [-0.2, -0.15) is 0 Å². The highest BCUT2D eigenvalue weighted by Crippen LogP contribution is 2.33. The molecule has 1 N–H and O–H groups in total. The van der Waals surface area contributed by atoms with Crippen LogP contribution in [0.5, 0.6) is 0 Å². The van der Waals surface area contributed by atoms with Crippen molar-refractivity contribution in [1.29, 1.82) is 0 Å². The molecule has 1 aliphatic heterocycles. The van der Waals surface area contributed by atoms with Gasteiger partial charge in [0.2, 0.25) is 0 Å². The first-order valence-corrected chi connectivity index (χ1v) is 3.45. The fourth-order valence-electron chi connectivity index (χ4n) is 1.31. The molecule has 1 nitrogen and oxygen atoms in total. The molecular formula is C8H7F2N. The van der Waals surface area contributed by atoms with E-state index >= 15 is 0 Å². The molecule has 1 heterocycles. The Bertz CT molecular complexity index is 285. The van der Waals surface area contributed by atoms with Crippen molar-refractivity contribution >= 4 is 5.69 Å². The summed E-state index contributed by atoms with van der Waals surface area (Å²) in [4.78, 5) is 0. The number of anilines is 1. The predicted molar refractivity (Wildman–Crippen MR) is 38.7 cm³/mol. The Morgan fingerprint density at radius 3 is 3.00 bits per heavy atom. The molecule has 0 spiro atoms. The first-order chi connectivity index (χ1) is 5.29. The van der Waals surface area contributed by atoms with Crippen LogP contribution >= 0.6 is 0 Å². The summed E-state index contributed by atoms with van der Waals surface area (Å²) in [5.74, 6) is -0.458. The number of alkyl halides is 1. The Labute approximate surface area is 63.0 Å². The van der Waals surface area contributed by atoms with Crippen LogP contribution in [-0.4, -0.2) is 6.54 Å². The van der Waals surface area contributed by atoms with E-state index in [4.69, 9.17) is 0 Å². The molecular weight excluding hydrogens is 148 g/mol. The van der Waals surface area contributed by atoms with E-state index in [2.05, 4.69) is 5.32 Å². The van der Waals surface area contributed by atoms with Gasteiger partial charge in [-0.25, -0.2) is 8.78 Å². The molecule has 0 radical (unpaired) electrons. The monoisotopic (exact) mass is 155 g/mol. The van der Waals surface area contributed by atoms with Gasteiger partial charge < -0.3 is 5.32 Å². The lowest BCUT2D eigenvalue weighted by atomic mass is 10.1. The highest BCUT2D eigenvalue weighted by molar-refractivity contribution is 5.57. The van der Waals surface area contributed by atoms with Crippen LogP contribution in [0.15, 0.2) is 18.2 Å². The van der Waals surface area contributed by atoms with Crippen molar-refractivity contribution in [1.82, 2.24) is 0 Å². The molecule has 0 aromatic heterocycles. The summed E-state index contributed by atoms with van der Waals surface area (Å²) < 4.78 is 25.7. The molecule has 0 saturated carbocycles. The van der Waals surface area contributed by atoms with Crippen LogP contribution in [0.1, 0.15) is 11.7 Å². The zero-order chi connectivity index (χ0) is 7.84. The van der Waals surface area contributed by atoms with Gasteiger partial charge in [0.1, 0.15) is 12.0 Å². The summed E-state index contributed by atoms with van der Waals surface area (Å²) >= 11 is 0. The molecule has 3 heteroatoms. The summed E-state index contributed by atoms with van der Waals surface area (Å²) in [6.45, 7) is 0.191.